The van der Waals surface area contributed by atoms with Gasteiger partial charge in [0.1, 0.15) is 5.75 Å². The van der Waals surface area contributed by atoms with Crippen LogP contribution in [0.3, 0.4) is 0 Å². The van der Waals surface area contributed by atoms with Crippen molar-refractivity contribution in [2.45, 2.75) is 63.2 Å². The highest BCUT2D eigenvalue weighted by Crippen LogP contribution is 2.56. The fourth-order valence-electron chi connectivity index (χ4n) is 5.82. The van der Waals surface area contributed by atoms with Crippen molar-refractivity contribution in [1.29, 1.82) is 0 Å². The number of hydrogen-bond donors (Lipinski definition) is 1. The first-order chi connectivity index (χ1) is 16.2. The summed E-state index contributed by atoms with van der Waals surface area (Å²) in [5.41, 5.74) is 6.43. The molecule has 0 saturated heterocycles. The summed E-state index contributed by atoms with van der Waals surface area (Å²) in [6.45, 7) is 4.29. The van der Waals surface area contributed by atoms with E-state index in [1.807, 2.05) is 18.2 Å². The lowest BCUT2D eigenvalue weighted by atomic mass is 9.83. The number of hydrogen-bond acceptors (Lipinski definition) is 2. The van der Waals surface area contributed by atoms with Crippen LogP contribution < -0.4 is 10.1 Å². The molecule has 0 spiro atoms. The Morgan fingerprint density at radius 2 is 1.59 bits per heavy atom. The molecule has 0 aromatic heterocycles. The second-order valence-electron chi connectivity index (χ2n) is 9.74. The van der Waals surface area contributed by atoms with Gasteiger partial charge in [0.15, 0.2) is 0 Å². The van der Waals surface area contributed by atoms with Gasteiger partial charge in [-0.3, -0.25) is 0 Å². The molecule has 1 fully saturated rings. The molecular formula is C29H30F3NO. The zero-order valence-corrected chi connectivity index (χ0v) is 19.7. The van der Waals surface area contributed by atoms with Crippen molar-refractivity contribution in [3.8, 4) is 16.9 Å². The molecule has 5 heteroatoms. The Labute approximate surface area is 199 Å². The van der Waals surface area contributed by atoms with Gasteiger partial charge in [-0.1, -0.05) is 30.3 Å². The molecule has 2 nitrogen and oxygen atoms in total. The second-order valence-corrected chi connectivity index (χ2v) is 9.74. The van der Waals surface area contributed by atoms with Gasteiger partial charge in [-0.2, -0.15) is 13.2 Å². The number of methoxy groups -OCH3 is 1. The van der Waals surface area contributed by atoms with Crippen LogP contribution in [0.5, 0.6) is 5.75 Å². The van der Waals surface area contributed by atoms with Crippen molar-refractivity contribution in [2.24, 2.45) is 0 Å². The molecule has 0 amide bonds. The third kappa shape index (κ3) is 4.22. The molecule has 1 N–H and O–H groups in total. The van der Waals surface area contributed by atoms with Crippen LogP contribution >= 0.6 is 0 Å². The molecule has 0 heterocycles. The first-order valence-corrected chi connectivity index (χ1v) is 12.0. The highest BCUT2D eigenvalue weighted by Gasteiger charge is 2.39. The number of ether oxygens (including phenoxy) is 1. The zero-order valence-electron chi connectivity index (χ0n) is 19.7. The fourth-order valence-corrected chi connectivity index (χ4v) is 5.82. The van der Waals surface area contributed by atoms with E-state index in [1.165, 1.54) is 41.7 Å². The van der Waals surface area contributed by atoms with E-state index < -0.39 is 11.7 Å². The van der Waals surface area contributed by atoms with E-state index in [4.69, 9.17) is 4.74 Å². The Morgan fingerprint density at radius 3 is 2.29 bits per heavy atom. The van der Waals surface area contributed by atoms with Crippen LogP contribution in [0.4, 0.5) is 13.2 Å². The van der Waals surface area contributed by atoms with Crippen LogP contribution in [0.15, 0.2) is 60.7 Å². The van der Waals surface area contributed by atoms with Crippen LogP contribution in [0.25, 0.3) is 11.1 Å². The molecule has 1 saturated carbocycles. The van der Waals surface area contributed by atoms with Crippen LogP contribution in [0, 0.1) is 0 Å². The van der Waals surface area contributed by atoms with Crippen LogP contribution in [0.2, 0.25) is 0 Å². The van der Waals surface area contributed by atoms with E-state index in [0.717, 1.165) is 28.9 Å². The Hall–Kier alpha value is -2.79. The van der Waals surface area contributed by atoms with E-state index in [1.54, 1.807) is 19.2 Å². The third-order valence-corrected chi connectivity index (χ3v) is 7.63. The van der Waals surface area contributed by atoms with E-state index >= 15 is 0 Å². The van der Waals surface area contributed by atoms with Crippen LogP contribution in [0.1, 0.15) is 84.8 Å². The molecule has 178 valence electrons. The molecule has 34 heavy (non-hydrogen) atoms. The molecule has 3 unspecified atom stereocenters. The third-order valence-electron chi connectivity index (χ3n) is 7.63. The molecule has 2 bridgehead atoms. The van der Waals surface area contributed by atoms with Gasteiger partial charge >= 0.3 is 6.18 Å². The highest BCUT2D eigenvalue weighted by molar-refractivity contribution is 5.73. The number of fused-ring (bicyclic) bond motifs is 5. The molecule has 2 aliphatic carbocycles. The maximum Gasteiger partial charge on any atom is 0.416 e. The number of rotatable bonds is 6. The SMILES string of the molecule is COc1cccc([C@@H](C)NC(C)c2cc(-c3ccc(C(F)(F)F)cc3)c3c(c2)C2CCC3C2)c1. The van der Waals surface area contributed by atoms with Gasteiger partial charge in [0.05, 0.1) is 12.7 Å². The zero-order chi connectivity index (χ0) is 24.0. The van der Waals surface area contributed by atoms with Gasteiger partial charge in [-0.05, 0) is 109 Å². The van der Waals surface area contributed by atoms with Gasteiger partial charge < -0.3 is 10.1 Å². The topological polar surface area (TPSA) is 21.3 Å². The van der Waals surface area contributed by atoms with E-state index in [2.05, 4.69) is 37.4 Å². The number of nitrogens with one attached hydrogen (secondary N) is 1. The van der Waals surface area contributed by atoms with Crippen molar-refractivity contribution in [3.05, 3.63) is 88.5 Å². The summed E-state index contributed by atoms with van der Waals surface area (Å²) in [5, 5.41) is 3.70. The maximum absolute atomic E-state index is 13.1. The van der Waals surface area contributed by atoms with Gasteiger partial charge in [-0.15, -0.1) is 0 Å². The smallest absolute Gasteiger partial charge is 0.416 e. The standard InChI is InChI=1S/C29H30F3NO/c1-17(20-5-4-6-25(14-20)34-3)33-18(2)23-15-26(19-9-11-24(12-10-19)29(30,31)32)28-22-8-7-21(13-22)27(28)16-23/h4-6,9-12,14-18,21-22,33H,7-8,13H2,1-3H3/t17-,18?,21?,22?/m1/s1. The van der Waals surface area contributed by atoms with E-state index in [-0.39, 0.29) is 12.1 Å². The molecule has 4 atom stereocenters. The van der Waals surface area contributed by atoms with Crippen molar-refractivity contribution in [2.75, 3.05) is 7.11 Å². The first kappa shape index (κ1) is 23.0. The monoisotopic (exact) mass is 465 g/mol. The summed E-state index contributed by atoms with van der Waals surface area (Å²) in [5.74, 6) is 1.92. The first-order valence-electron chi connectivity index (χ1n) is 12.0. The van der Waals surface area contributed by atoms with Crippen molar-refractivity contribution in [1.82, 2.24) is 5.32 Å². The minimum absolute atomic E-state index is 0.0822. The number of alkyl halides is 3. The molecule has 5 rings (SSSR count). The molecule has 3 aromatic rings. The Balaban J connectivity index is 1.48. The Bertz CT molecular complexity index is 1180. The fraction of sp³-hybridized carbons (Fsp3) is 0.379. The quantitative estimate of drug-likeness (QED) is 0.396. The molecular weight excluding hydrogens is 435 g/mol. The molecule has 0 radical (unpaired) electrons. The summed E-state index contributed by atoms with van der Waals surface area (Å²) >= 11 is 0. The summed E-state index contributed by atoms with van der Waals surface area (Å²) in [6.07, 6.45) is -0.786. The van der Waals surface area contributed by atoms with Gasteiger partial charge in [-0.25, -0.2) is 0 Å². The minimum Gasteiger partial charge on any atom is -0.497 e. The lowest BCUT2D eigenvalue weighted by Gasteiger charge is -2.26. The van der Waals surface area contributed by atoms with Crippen molar-refractivity contribution < 1.29 is 17.9 Å². The van der Waals surface area contributed by atoms with E-state index in [0.29, 0.717) is 11.8 Å². The maximum atomic E-state index is 13.1. The summed E-state index contributed by atoms with van der Waals surface area (Å²) in [6, 6.07) is 18.4. The van der Waals surface area contributed by atoms with Gasteiger partial charge in [0.2, 0.25) is 0 Å². The minimum atomic E-state index is -4.32. The Kier molecular flexibility index (Phi) is 5.93. The summed E-state index contributed by atoms with van der Waals surface area (Å²) < 4.78 is 44.8. The number of halogens is 3. The van der Waals surface area contributed by atoms with Crippen LogP contribution in [-0.2, 0) is 6.18 Å². The summed E-state index contributed by atoms with van der Waals surface area (Å²) in [4.78, 5) is 0. The average Bonchev–Trinajstić information content (AvgIpc) is 3.46. The van der Waals surface area contributed by atoms with Crippen molar-refractivity contribution >= 4 is 0 Å². The largest absolute Gasteiger partial charge is 0.497 e. The highest BCUT2D eigenvalue weighted by atomic mass is 19.4. The normalized spacial score (nSPS) is 20.8. The van der Waals surface area contributed by atoms with Gasteiger partial charge in [0, 0.05) is 12.1 Å². The van der Waals surface area contributed by atoms with E-state index in [9.17, 15) is 13.2 Å². The lowest BCUT2D eigenvalue weighted by molar-refractivity contribution is -0.137. The lowest BCUT2D eigenvalue weighted by Crippen LogP contribution is -2.23. The number of benzene rings is 3. The predicted octanol–water partition coefficient (Wildman–Crippen LogP) is 8.16. The molecule has 0 aliphatic heterocycles. The predicted molar refractivity (Wildman–Crippen MR) is 129 cm³/mol. The van der Waals surface area contributed by atoms with Gasteiger partial charge in [0.25, 0.3) is 0 Å². The van der Waals surface area contributed by atoms with Crippen LogP contribution in [-0.4, -0.2) is 7.11 Å². The second kappa shape index (κ2) is 8.77. The molecule has 2 aliphatic rings. The average molecular weight is 466 g/mol. The van der Waals surface area contributed by atoms with Crippen molar-refractivity contribution in [3.63, 3.8) is 0 Å². The Morgan fingerprint density at radius 1 is 0.882 bits per heavy atom. The summed E-state index contributed by atoms with van der Waals surface area (Å²) in [7, 11) is 1.67. The molecule has 3 aromatic carbocycles.